The summed E-state index contributed by atoms with van der Waals surface area (Å²) in [6.07, 6.45) is 2.34. The number of carbonyl (C=O) groups excluding carboxylic acids is 1. The number of para-hydroxylation sites is 2. The van der Waals surface area contributed by atoms with Crippen molar-refractivity contribution in [3.8, 4) is 5.75 Å². The van der Waals surface area contributed by atoms with E-state index in [1.165, 1.54) is 0 Å². The molecule has 0 radical (unpaired) electrons. The Balaban J connectivity index is 1.86. The van der Waals surface area contributed by atoms with Gasteiger partial charge >= 0.3 is 0 Å². The number of anilines is 1. The standard InChI is InChI=1S/C15H22N2O3/c1-2-16-15(18)10-17-13-7-3-4-8-14(13)20-11-12-6-5-9-19-12/h3-4,7-8,12,17H,2,5-6,9-11H2,1H3,(H,16,18). The summed E-state index contributed by atoms with van der Waals surface area (Å²) >= 11 is 0. The summed E-state index contributed by atoms with van der Waals surface area (Å²) in [7, 11) is 0. The van der Waals surface area contributed by atoms with E-state index in [9.17, 15) is 4.79 Å². The fraction of sp³-hybridized carbons (Fsp3) is 0.533. The highest BCUT2D eigenvalue weighted by Crippen LogP contribution is 2.24. The fourth-order valence-electron chi connectivity index (χ4n) is 2.13. The quantitative estimate of drug-likeness (QED) is 0.798. The van der Waals surface area contributed by atoms with Gasteiger partial charge in [-0.25, -0.2) is 0 Å². The van der Waals surface area contributed by atoms with Crippen LogP contribution in [-0.2, 0) is 9.53 Å². The van der Waals surface area contributed by atoms with Gasteiger partial charge in [0.1, 0.15) is 12.4 Å². The lowest BCUT2D eigenvalue weighted by atomic mass is 10.2. The topological polar surface area (TPSA) is 59.6 Å². The highest BCUT2D eigenvalue weighted by molar-refractivity contribution is 5.81. The Hall–Kier alpha value is -1.75. The van der Waals surface area contributed by atoms with Crippen LogP contribution in [0.5, 0.6) is 5.75 Å². The summed E-state index contributed by atoms with van der Waals surface area (Å²) in [4.78, 5) is 11.5. The van der Waals surface area contributed by atoms with Gasteiger partial charge in [-0.05, 0) is 31.9 Å². The van der Waals surface area contributed by atoms with Gasteiger partial charge in [-0.3, -0.25) is 4.79 Å². The second-order valence-electron chi connectivity index (χ2n) is 4.75. The van der Waals surface area contributed by atoms with E-state index in [4.69, 9.17) is 9.47 Å². The molecule has 2 N–H and O–H groups in total. The lowest BCUT2D eigenvalue weighted by Gasteiger charge is -2.15. The van der Waals surface area contributed by atoms with Crippen LogP contribution in [0.15, 0.2) is 24.3 Å². The predicted molar refractivity (Wildman–Crippen MR) is 78.1 cm³/mol. The van der Waals surface area contributed by atoms with Crippen molar-refractivity contribution < 1.29 is 14.3 Å². The van der Waals surface area contributed by atoms with Crippen molar-refractivity contribution in [1.29, 1.82) is 0 Å². The SMILES string of the molecule is CCNC(=O)CNc1ccccc1OCC1CCCO1. The first-order chi connectivity index (χ1) is 9.79. The molecule has 1 aliphatic heterocycles. The van der Waals surface area contributed by atoms with E-state index in [0.717, 1.165) is 30.9 Å². The molecule has 1 fully saturated rings. The van der Waals surface area contributed by atoms with Crippen molar-refractivity contribution in [3.05, 3.63) is 24.3 Å². The number of amides is 1. The third kappa shape index (κ3) is 4.42. The molecule has 2 rings (SSSR count). The first-order valence-corrected chi connectivity index (χ1v) is 7.13. The van der Waals surface area contributed by atoms with Crippen molar-refractivity contribution >= 4 is 11.6 Å². The van der Waals surface area contributed by atoms with Gasteiger partial charge in [0.25, 0.3) is 0 Å². The number of hydrogen-bond acceptors (Lipinski definition) is 4. The maximum atomic E-state index is 11.5. The van der Waals surface area contributed by atoms with Gasteiger partial charge in [-0.15, -0.1) is 0 Å². The minimum absolute atomic E-state index is 0.0265. The zero-order chi connectivity index (χ0) is 14.2. The Morgan fingerprint density at radius 1 is 1.45 bits per heavy atom. The third-order valence-electron chi connectivity index (χ3n) is 3.15. The van der Waals surface area contributed by atoms with Crippen LogP contribution in [0.1, 0.15) is 19.8 Å². The molecule has 20 heavy (non-hydrogen) atoms. The zero-order valence-electron chi connectivity index (χ0n) is 11.9. The highest BCUT2D eigenvalue weighted by Gasteiger charge is 2.16. The molecule has 0 saturated carbocycles. The normalized spacial score (nSPS) is 17.8. The molecule has 1 aliphatic rings. The minimum Gasteiger partial charge on any atom is -0.489 e. The van der Waals surface area contributed by atoms with Crippen LogP contribution in [0.4, 0.5) is 5.69 Å². The van der Waals surface area contributed by atoms with Crippen LogP contribution < -0.4 is 15.4 Å². The number of nitrogens with one attached hydrogen (secondary N) is 2. The number of likely N-dealkylation sites (N-methyl/N-ethyl adjacent to an activating group) is 1. The lowest BCUT2D eigenvalue weighted by Crippen LogP contribution is -2.29. The zero-order valence-corrected chi connectivity index (χ0v) is 11.9. The third-order valence-corrected chi connectivity index (χ3v) is 3.15. The summed E-state index contributed by atoms with van der Waals surface area (Å²) in [5, 5.41) is 5.85. The maximum Gasteiger partial charge on any atom is 0.239 e. The summed E-state index contributed by atoms with van der Waals surface area (Å²) in [6.45, 7) is 4.16. The molecule has 0 bridgehead atoms. The van der Waals surface area contributed by atoms with E-state index in [2.05, 4.69) is 10.6 Å². The molecular weight excluding hydrogens is 256 g/mol. The molecule has 1 amide bonds. The fourth-order valence-corrected chi connectivity index (χ4v) is 2.13. The number of ether oxygens (including phenoxy) is 2. The van der Waals surface area contributed by atoms with Crippen LogP contribution in [-0.4, -0.2) is 38.3 Å². The largest absolute Gasteiger partial charge is 0.489 e. The van der Waals surface area contributed by atoms with Crippen molar-refractivity contribution in [2.24, 2.45) is 0 Å². The highest BCUT2D eigenvalue weighted by atomic mass is 16.5. The summed E-state index contributed by atoms with van der Waals surface area (Å²) in [5.41, 5.74) is 0.830. The van der Waals surface area contributed by atoms with Gasteiger partial charge in [-0.1, -0.05) is 12.1 Å². The van der Waals surface area contributed by atoms with Gasteiger partial charge in [0.15, 0.2) is 0 Å². The van der Waals surface area contributed by atoms with Gasteiger partial charge in [0.05, 0.1) is 18.3 Å². The number of hydrogen-bond donors (Lipinski definition) is 2. The van der Waals surface area contributed by atoms with Crippen molar-refractivity contribution in [3.63, 3.8) is 0 Å². The minimum atomic E-state index is -0.0265. The van der Waals surface area contributed by atoms with E-state index in [0.29, 0.717) is 13.2 Å². The van der Waals surface area contributed by atoms with Crippen LogP contribution in [0.25, 0.3) is 0 Å². The van der Waals surface area contributed by atoms with E-state index in [1.807, 2.05) is 31.2 Å². The second kappa shape index (κ2) is 7.75. The molecule has 1 unspecified atom stereocenters. The van der Waals surface area contributed by atoms with Gasteiger partial charge in [-0.2, -0.15) is 0 Å². The first-order valence-electron chi connectivity index (χ1n) is 7.13. The average Bonchev–Trinajstić information content (AvgIpc) is 2.97. The summed E-state index contributed by atoms with van der Waals surface area (Å²) in [6, 6.07) is 7.64. The lowest BCUT2D eigenvalue weighted by molar-refractivity contribution is -0.119. The Morgan fingerprint density at radius 3 is 3.05 bits per heavy atom. The summed E-state index contributed by atoms with van der Waals surface area (Å²) < 4.78 is 11.3. The number of carbonyl (C=O) groups is 1. The van der Waals surface area contributed by atoms with Crippen LogP contribution in [0.2, 0.25) is 0 Å². The van der Waals surface area contributed by atoms with E-state index in [-0.39, 0.29) is 18.6 Å². The molecule has 1 heterocycles. The molecule has 0 aromatic heterocycles. The molecular formula is C15H22N2O3. The van der Waals surface area contributed by atoms with E-state index < -0.39 is 0 Å². The van der Waals surface area contributed by atoms with Gasteiger partial charge < -0.3 is 20.1 Å². The molecule has 0 spiro atoms. The molecule has 1 aromatic rings. The van der Waals surface area contributed by atoms with Crippen molar-refractivity contribution in [2.75, 3.05) is 31.6 Å². The monoisotopic (exact) mass is 278 g/mol. The van der Waals surface area contributed by atoms with Gasteiger partial charge in [0.2, 0.25) is 5.91 Å². The Morgan fingerprint density at radius 2 is 2.30 bits per heavy atom. The van der Waals surface area contributed by atoms with Gasteiger partial charge in [0, 0.05) is 13.2 Å². The molecule has 5 heteroatoms. The Labute approximate surface area is 119 Å². The van der Waals surface area contributed by atoms with Crippen molar-refractivity contribution in [1.82, 2.24) is 5.32 Å². The molecule has 0 aliphatic carbocycles. The smallest absolute Gasteiger partial charge is 0.239 e. The van der Waals surface area contributed by atoms with Crippen LogP contribution >= 0.6 is 0 Å². The Bertz CT molecular complexity index is 431. The first kappa shape index (κ1) is 14.7. The number of benzene rings is 1. The molecule has 110 valence electrons. The van der Waals surface area contributed by atoms with Crippen molar-refractivity contribution in [2.45, 2.75) is 25.9 Å². The van der Waals surface area contributed by atoms with E-state index >= 15 is 0 Å². The van der Waals surface area contributed by atoms with Crippen LogP contribution in [0.3, 0.4) is 0 Å². The number of rotatable bonds is 7. The molecule has 5 nitrogen and oxygen atoms in total. The second-order valence-corrected chi connectivity index (χ2v) is 4.75. The average molecular weight is 278 g/mol. The maximum absolute atomic E-state index is 11.5. The van der Waals surface area contributed by atoms with Crippen LogP contribution in [0, 0.1) is 0 Å². The Kier molecular flexibility index (Phi) is 5.68. The molecule has 1 atom stereocenters. The predicted octanol–water partition coefficient (Wildman–Crippen LogP) is 1.79. The summed E-state index contributed by atoms with van der Waals surface area (Å²) in [5.74, 6) is 0.730. The van der Waals surface area contributed by atoms with E-state index in [1.54, 1.807) is 0 Å². The molecule has 1 aromatic carbocycles. The molecule has 1 saturated heterocycles.